The van der Waals surface area contributed by atoms with Gasteiger partial charge in [-0.1, -0.05) is 6.07 Å². The van der Waals surface area contributed by atoms with Gasteiger partial charge in [0.1, 0.15) is 0 Å². The number of carbonyl (C=O) groups is 1. The fourth-order valence-corrected chi connectivity index (χ4v) is 2.29. The third kappa shape index (κ3) is 2.97. The number of morpholine rings is 1. The SMILES string of the molecule is O=C(NCCN1CCOCC1)c1cc2ccccn2n1. The molecular formula is C14H18N4O2. The van der Waals surface area contributed by atoms with Crippen molar-refractivity contribution in [2.24, 2.45) is 0 Å². The van der Waals surface area contributed by atoms with Gasteiger partial charge in [0.05, 0.1) is 18.7 Å². The van der Waals surface area contributed by atoms with Crippen LogP contribution in [0.4, 0.5) is 0 Å². The van der Waals surface area contributed by atoms with E-state index in [2.05, 4.69) is 15.3 Å². The highest BCUT2D eigenvalue weighted by Crippen LogP contribution is 2.05. The van der Waals surface area contributed by atoms with E-state index in [-0.39, 0.29) is 5.91 Å². The lowest BCUT2D eigenvalue weighted by molar-refractivity contribution is 0.0383. The second-order valence-electron chi connectivity index (χ2n) is 4.81. The van der Waals surface area contributed by atoms with Crippen LogP contribution in [0.2, 0.25) is 0 Å². The molecule has 2 aromatic rings. The number of carbonyl (C=O) groups excluding carboxylic acids is 1. The summed E-state index contributed by atoms with van der Waals surface area (Å²) in [5.41, 5.74) is 1.38. The van der Waals surface area contributed by atoms with E-state index < -0.39 is 0 Å². The topological polar surface area (TPSA) is 58.9 Å². The molecule has 20 heavy (non-hydrogen) atoms. The van der Waals surface area contributed by atoms with Crippen molar-refractivity contribution < 1.29 is 9.53 Å². The molecule has 6 heteroatoms. The molecule has 0 radical (unpaired) electrons. The first-order valence-corrected chi connectivity index (χ1v) is 6.86. The van der Waals surface area contributed by atoms with E-state index in [9.17, 15) is 4.79 Å². The van der Waals surface area contributed by atoms with Gasteiger partial charge < -0.3 is 10.1 Å². The van der Waals surface area contributed by atoms with Crippen molar-refractivity contribution in [1.29, 1.82) is 0 Å². The number of nitrogens with zero attached hydrogens (tertiary/aromatic N) is 3. The highest BCUT2D eigenvalue weighted by molar-refractivity contribution is 5.93. The van der Waals surface area contributed by atoms with E-state index in [4.69, 9.17) is 4.74 Å². The molecule has 0 spiro atoms. The van der Waals surface area contributed by atoms with Gasteiger partial charge in [0, 0.05) is 32.4 Å². The third-order valence-corrected chi connectivity index (χ3v) is 3.42. The standard InChI is InChI=1S/C14H18N4O2/c19-14(15-4-6-17-7-9-20-10-8-17)13-11-12-3-1-2-5-18(12)16-13/h1-3,5,11H,4,6-10H2,(H,15,19). The molecule has 0 saturated carbocycles. The van der Waals surface area contributed by atoms with Crippen LogP contribution in [0.15, 0.2) is 30.5 Å². The van der Waals surface area contributed by atoms with E-state index in [1.807, 2.05) is 24.4 Å². The lowest BCUT2D eigenvalue weighted by Crippen LogP contribution is -2.41. The molecule has 1 aliphatic rings. The molecule has 3 rings (SSSR count). The van der Waals surface area contributed by atoms with E-state index in [1.54, 1.807) is 10.6 Å². The Morgan fingerprint density at radius 2 is 2.20 bits per heavy atom. The highest BCUT2D eigenvalue weighted by Gasteiger charge is 2.12. The summed E-state index contributed by atoms with van der Waals surface area (Å²) >= 11 is 0. The summed E-state index contributed by atoms with van der Waals surface area (Å²) in [6.45, 7) is 4.91. The van der Waals surface area contributed by atoms with Gasteiger partial charge >= 0.3 is 0 Å². The molecule has 0 unspecified atom stereocenters. The molecule has 0 aliphatic carbocycles. The molecule has 0 aromatic carbocycles. The predicted molar refractivity (Wildman–Crippen MR) is 74.8 cm³/mol. The van der Waals surface area contributed by atoms with Crippen molar-refractivity contribution in [3.8, 4) is 0 Å². The van der Waals surface area contributed by atoms with Crippen molar-refractivity contribution in [2.75, 3.05) is 39.4 Å². The summed E-state index contributed by atoms with van der Waals surface area (Å²) in [7, 11) is 0. The summed E-state index contributed by atoms with van der Waals surface area (Å²) in [6.07, 6.45) is 1.83. The van der Waals surface area contributed by atoms with Crippen LogP contribution < -0.4 is 5.32 Å². The molecule has 1 fully saturated rings. The van der Waals surface area contributed by atoms with Crippen LogP contribution in [0, 0.1) is 0 Å². The average Bonchev–Trinajstić information content (AvgIpc) is 2.92. The smallest absolute Gasteiger partial charge is 0.271 e. The number of nitrogens with one attached hydrogen (secondary N) is 1. The summed E-state index contributed by atoms with van der Waals surface area (Å²) in [5.74, 6) is -0.123. The molecule has 1 aliphatic heterocycles. The third-order valence-electron chi connectivity index (χ3n) is 3.42. The number of ether oxygens (including phenoxy) is 1. The molecule has 3 heterocycles. The Morgan fingerprint density at radius 1 is 1.35 bits per heavy atom. The maximum absolute atomic E-state index is 12.0. The molecular weight excluding hydrogens is 256 g/mol. The van der Waals surface area contributed by atoms with Crippen LogP contribution in [-0.4, -0.2) is 59.8 Å². The Balaban J connectivity index is 1.53. The highest BCUT2D eigenvalue weighted by atomic mass is 16.5. The minimum atomic E-state index is -0.123. The zero-order valence-corrected chi connectivity index (χ0v) is 11.3. The Labute approximate surface area is 117 Å². The first kappa shape index (κ1) is 13.1. The molecule has 1 N–H and O–H groups in total. The van der Waals surface area contributed by atoms with Crippen LogP contribution in [0.25, 0.3) is 5.52 Å². The van der Waals surface area contributed by atoms with E-state index >= 15 is 0 Å². The van der Waals surface area contributed by atoms with Crippen molar-refractivity contribution in [3.05, 3.63) is 36.2 Å². The normalized spacial score (nSPS) is 16.4. The molecule has 0 atom stereocenters. The molecule has 0 bridgehead atoms. The Hall–Kier alpha value is -1.92. The van der Waals surface area contributed by atoms with Gasteiger partial charge in [0.2, 0.25) is 0 Å². The number of pyridine rings is 1. The number of amides is 1. The zero-order valence-electron chi connectivity index (χ0n) is 11.3. The number of rotatable bonds is 4. The van der Waals surface area contributed by atoms with Crippen LogP contribution >= 0.6 is 0 Å². The molecule has 106 valence electrons. The van der Waals surface area contributed by atoms with Crippen molar-refractivity contribution in [1.82, 2.24) is 19.8 Å². The Bertz CT molecular complexity index is 557. The Kier molecular flexibility index (Phi) is 3.94. The number of aromatic nitrogens is 2. The molecule has 1 saturated heterocycles. The van der Waals surface area contributed by atoms with Gasteiger partial charge in [0.15, 0.2) is 5.69 Å². The van der Waals surface area contributed by atoms with Crippen molar-refractivity contribution in [3.63, 3.8) is 0 Å². The summed E-state index contributed by atoms with van der Waals surface area (Å²) in [5, 5.41) is 7.16. The predicted octanol–water partition coefficient (Wildman–Crippen LogP) is 0.396. The summed E-state index contributed by atoms with van der Waals surface area (Å²) < 4.78 is 6.99. The fraction of sp³-hybridized carbons (Fsp3) is 0.429. The van der Waals surface area contributed by atoms with E-state index in [0.29, 0.717) is 12.2 Å². The minimum Gasteiger partial charge on any atom is -0.379 e. The second kappa shape index (κ2) is 6.02. The van der Waals surface area contributed by atoms with Gasteiger partial charge in [-0.2, -0.15) is 5.10 Å². The van der Waals surface area contributed by atoms with Gasteiger partial charge in [0.25, 0.3) is 5.91 Å². The van der Waals surface area contributed by atoms with Gasteiger partial charge in [-0.15, -0.1) is 0 Å². The number of hydrogen-bond acceptors (Lipinski definition) is 4. The Morgan fingerprint density at radius 3 is 3.00 bits per heavy atom. The first-order valence-electron chi connectivity index (χ1n) is 6.86. The van der Waals surface area contributed by atoms with Gasteiger partial charge in [-0.05, 0) is 18.2 Å². The van der Waals surface area contributed by atoms with Crippen LogP contribution in [0.1, 0.15) is 10.5 Å². The lowest BCUT2D eigenvalue weighted by Gasteiger charge is -2.26. The van der Waals surface area contributed by atoms with Crippen LogP contribution in [-0.2, 0) is 4.74 Å². The number of fused-ring (bicyclic) bond motifs is 1. The quantitative estimate of drug-likeness (QED) is 0.876. The average molecular weight is 274 g/mol. The molecule has 2 aromatic heterocycles. The van der Waals surface area contributed by atoms with Crippen LogP contribution in [0.5, 0.6) is 0 Å². The van der Waals surface area contributed by atoms with Crippen LogP contribution in [0.3, 0.4) is 0 Å². The second-order valence-corrected chi connectivity index (χ2v) is 4.81. The van der Waals surface area contributed by atoms with Crippen molar-refractivity contribution in [2.45, 2.75) is 0 Å². The maximum atomic E-state index is 12.0. The fourth-order valence-electron chi connectivity index (χ4n) is 2.29. The van der Waals surface area contributed by atoms with Crippen molar-refractivity contribution >= 4 is 11.4 Å². The van der Waals surface area contributed by atoms with Gasteiger partial charge in [-0.25, -0.2) is 4.52 Å². The van der Waals surface area contributed by atoms with E-state index in [1.165, 1.54) is 0 Å². The number of hydrogen-bond donors (Lipinski definition) is 1. The first-order chi connectivity index (χ1) is 9.83. The van der Waals surface area contributed by atoms with Gasteiger partial charge in [-0.3, -0.25) is 9.69 Å². The summed E-state index contributed by atoms with van der Waals surface area (Å²) in [6, 6.07) is 7.54. The zero-order chi connectivity index (χ0) is 13.8. The monoisotopic (exact) mass is 274 g/mol. The maximum Gasteiger partial charge on any atom is 0.271 e. The lowest BCUT2D eigenvalue weighted by atomic mass is 10.3. The minimum absolute atomic E-state index is 0.123. The summed E-state index contributed by atoms with van der Waals surface area (Å²) in [4.78, 5) is 14.3. The molecule has 1 amide bonds. The van der Waals surface area contributed by atoms with E-state index in [0.717, 1.165) is 38.4 Å². The molecule has 6 nitrogen and oxygen atoms in total. The largest absolute Gasteiger partial charge is 0.379 e.